The molecule has 0 saturated carbocycles. The van der Waals surface area contributed by atoms with Crippen LogP contribution in [-0.2, 0) is 29.2 Å². The molecule has 198 valence electrons. The van der Waals surface area contributed by atoms with Gasteiger partial charge in [0.15, 0.2) is 0 Å². The van der Waals surface area contributed by atoms with E-state index in [1.807, 2.05) is 16.5 Å². The molecule has 1 aromatic heterocycles. The Morgan fingerprint density at radius 3 is 2.94 bits per heavy atom. The predicted octanol–water partition coefficient (Wildman–Crippen LogP) is 1.76. The number of hydrogen-bond donors (Lipinski definition) is 1. The average molecular weight is 501 g/mol. The number of amides is 1. The van der Waals surface area contributed by atoms with Gasteiger partial charge in [0.1, 0.15) is 12.4 Å². The maximum absolute atomic E-state index is 13.0. The summed E-state index contributed by atoms with van der Waals surface area (Å²) in [6, 6.07) is 6.16. The number of carbonyl (C=O) groups excluding carboxylic acids is 1. The molecule has 0 unspecified atom stereocenters. The Labute approximate surface area is 213 Å². The Kier molecular flexibility index (Phi) is 8.81. The average Bonchev–Trinajstić information content (AvgIpc) is 3.31. The van der Waals surface area contributed by atoms with E-state index in [2.05, 4.69) is 59.3 Å². The molecule has 3 atom stereocenters. The molecule has 10 heteroatoms. The lowest BCUT2D eigenvalue weighted by Gasteiger charge is -2.35. The van der Waals surface area contributed by atoms with E-state index >= 15 is 0 Å². The number of carbonyl (C=O) groups is 1. The largest absolute Gasteiger partial charge is 0.490 e. The fourth-order valence-corrected chi connectivity index (χ4v) is 4.93. The molecule has 0 bridgehead atoms. The molecular weight excluding hydrogens is 460 g/mol. The van der Waals surface area contributed by atoms with Gasteiger partial charge in [-0.05, 0) is 38.1 Å². The molecule has 1 amide bonds. The maximum atomic E-state index is 13.0. The summed E-state index contributed by atoms with van der Waals surface area (Å²) >= 11 is 0. The van der Waals surface area contributed by atoms with Gasteiger partial charge in [-0.2, -0.15) is 0 Å². The summed E-state index contributed by atoms with van der Waals surface area (Å²) in [4.78, 5) is 19.3. The van der Waals surface area contributed by atoms with Gasteiger partial charge in [0, 0.05) is 45.6 Å². The van der Waals surface area contributed by atoms with Gasteiger partial charge < -0.3 is 24.4 Å². The van der Waals surface area contributed by atoms with Crippen molar-refractivity contribution in [1.29, 1.82) is 0 Å². The Morgan fingerprint density at radius 1 is 1.31 bits per heavy atom. The second kappa shape index (κ2) is 12.0. The van der Waals surface area contributed by atoms with Gasteiger partial charge in [0.05, 0.1) is 49.5 Å². The van der Waals surface area contributed by atoms with Crippen LogP contribution in [0.15, 0.2) is 24.4 Å². The lowest BCUT2D eigenvalue weighted by molar-refractivity contribution is -0.136. The summed E-state index contributed by atoms with van der Waals surface area (Å²) in [6.07, 6.45) is 2.70. The SMILES string of the molecule is C[C@@H]1CN([C@H](C)CO)C(=O)CCCn2nncc2CO[C@@H]1CN(C)Cc1ccc2c(c1)OCCN2C. The molecular formula is C26H40N6O4. The van der Waals surface area contributed by atoms with Gasteiger partial charge in [-0.15, -0.1) is 5.10 Å². The number of hydrogen-bond acceptors (Lipinski definition) is 8. The Balaban J connectivity index is 1.49. The molecule has 36 heavy (non-hydrogen) atoms. The summed E-state index contributed by atoms with van der Waals surface area (Å²) in [7, 11) is 4.17. The molecule has 3 heterocycles. The Morgan fingerprint density at radius 2 is 2.14 bits per heavy atom. The molecule has 2 aliphatic rings. The van der Waals surface area contributed by atoms with Crippen molar-refractivity contribution in [1.82, 2.24) is 24.8 Å². The van der Waals surface area contributed by atoms with Crippen molar-refractivity contribution < 1.29 is 19.4 Å². The number of aliphatic hydroxyl groups excluding tert-OH is 1. The van der Waals surface area contributed by atoms with Gasteiger partial charge in [0.25, 0.3) is 0 Å². The van der Waals surface area contributed by atoms with Crippen LogP contribution in [0.4, 0.5) is 5.69 Å². The first-order valence-electron chi connectivity index (χ1n) is 12.9. The van der Waals surface area contributed by atoms with Crippen molar-refractivity contribution in [3.63, 3.8) is 0 Å². The number of fused-ring (bicyclic) bond motifs is 2. The lowest BCUT2D eigenvalue weighted by Crippen LogP contribution is -2.47. The van der Waals surface area contributed by atoms with Crippen molar-refractivity contribution in [2.75, 3.05) is 51.8 Å². The maximum Gasteiger partial charge on any atom is 0.222 e. The van der Waals surface area contributed by atoms with Crippen molar-refractivity contribution in [2.24, 2.45) is 5.92 Å². The smallest absolute Gasteiger partial charge is 0.222 e. The van der Waals surface area contributed by atoms with Gasteiger partial charge in [-0.3, -0.25) is 9.69 Å². The third-order valence-corrected chi connectivity index (χ3v) is 7.20. The monoisotopic (exact) mass is 500 g/mol. The minimum atomic E-state index is -0.239. The molecule has 2 aliphatic heterocycles. The highest BCUT2D eigenvalue weighted by Crippen LogP contribution is 2.31. The third kappa shape index (κ3) is 6.35. The Hall–Kier alpha value is -2.69. The fourth-order valence-electron chi connectivity index (χ4n) is 4.93. The minimum Gasteiger partial charge on any atom is -0.490 e. The van der Waals surface area contributed by atoms with Gasteiger partial charge in [-0.1, -0.05) is 18.2 Å². The molecule has 2 aromatic rings. The number of anilines is 1. The van der Waals surface area contributed by atoms with Crippen LogP contribution in [0.3, 0.4) is 0 Å². The summed E-state index contributed by atoms with van der Waals surface area (Å²) in [5.41, 5.74) is 3.22. The van der Waals surface area contributed by atoms with Crippen LogP contribution in [0.25, 0.3) is 0 Å². The molecule has 0 spiro atoms. The topological polar surface area (TPSA) is 96.2 Å². The standard InChI is InChI=1S/C26H40N6O4/c1-19-14-31(20(2)17-33)26(34)6-5-9-32-22(13-27-28-32)18-36-25(19)16-29(3)15-21-7-8-23-24(12-21)35-11-10-30(23)4/h7-8,12-13,19-20,25,33H,5-6,9-11,14-18H2,1-4H3/t19-,20-,25-/m1/s1. The molecule has 4 rings (SSSR count). The quantitative estimate of drug-likeness (QED) is 0.641. The number of benzene rings is 1. The molecule has 0 aliphatic carbocycles. The summed E-state index contributed by atoms with van der Waals surface area (Å²) in [5.74, 6) is 1.05. The highest BCUT2D eigenvalue weighted by molar-refractivity contribution is 5.76. The summed E-state index contributed by atoms with van der Waals surface area (Å²) in [5, 5.41) is 18.0. The van der Waals surface area contributed by atoms with Crippen molar-refractivity contribution in [2.45, 2.75) is 58.5 Å². The van der Waals surface area contributed by atoms with Crippen LogP contribution in [0, 0.1) is 5.92 Å². The zero-order valence-electron chi connectivity index (χ0n) is 22.0. The number of likely N-dealkylation sites (N-methyl/N-ethyl adjacent to an activating group) is 2. The summed E-state index contributed by atoms with van der Waals surface area (Å²) in [6.45, 7) is 8.55. The van der Waals surface area contributed by atoms with E-state index in [4.69, 9.17) is 9.47 Å². The first-order valence-corrected chi connectivity index (χ1v) is 12.9. The van der Waals surface area contributed by atoms with E-state index in [9.17, 15) is 9.90 Å². The second-order valence-electron chi connectivity index (χ2n) is 10.2. The van der Waals surface area contributed by atoms with Crippen LogP contribution in [0.5, 0.6) is 5.75 Å². The third-order valence-electron chi connectivity index (χ3n) is 7.20. The fraction of sp³-hybridized carbons (Fsp3) is 0.654. The number of aryl methyl sites for hydroxylation is 1. The molecule has 0 fully saturated rings. The highest BCUT2D eigenvalue weighted by atomic mass is 16.5. The van der Waals surface area contributed by atoms with E-state index in [0.717, 1.165) is 30.2 Å². The van der Waals surface area contributed by atoms with Crippen molar-refractivity contribution in [3.05, 3.63) is 35.7 Å². The predicted molar refractivity (Wildman–Crippen MR) is 137 cm³/mol. The van der Waals surface area contributed by atoms with Crippen LogP contribution in [0.1, 0.15) is 37.9 Å². The van der Waals surface area contributed by atoms with Gasteiger partial charge >= 0.3 is 0 Å². The minimum absolute atomic E-state index is 0.0526. The van der Waals surface area contributed by atoms with Crippen LogP contribution in [0.2, 0.25) is 0 Å². The van der Waals surface area contributed by atoms with E-state index in [1.54, 1.807) is 6.20 Å². The van der Waals surface area contributed by atoms with Gasteiger partial charge in [-0.25, -0.2) is 4.68 Å². The molecule has 1 aromatic carbocycles. The van der Waals surface area contributed by atoms with E-state index in [0.29, 0.717) is 45.7 Å². The number of nitrogens with zero attached hydrogens (tertiary/aromatic N) is 6. The lowest BCUT2D eigenvalue weighted by atomic mass is 10.0. The van der Waals surface area contributed by atoms with Crippen molar-refractivity contribution in [3.8, 4) is 5.75 Å². The molecule has 10 nitrogen and oxygen atoms in total. The first-order chi connectivity index (χ1) is 17.4. The number of ether oxygens (including phenoxy) is 2. The number of aromatic nitrogens is 3. The van der Waals surface area contributed by atoms with E-state index in [1.165, 1.54) is 5.56 Å². The first kappa shape index (κ1) is 26.4. The van der Waals surface area contributed by atoms with Gasteiger partial charge in [0.2, 0.25) is 5.91 Å². The molecule has 0 radical (unpaired) electrons. The number of aliphatic hydroxyl groups is 1. The molecule has 0 saturated heterocycles. The second-order valence-corrected chi connectivity index (χ2v) is 10.2. The van der Waals surface area contributed by atoms with E-state index in [-0.39, 0.29) is 30.6 Å². The highest BCUT2D eigenvalue weighted by Gasteiger charge is 2.28. The summed E-state index contributed by atoms with van der Waals surface area (Å²) < 4.78 is 14.2. The zero-order valence-corrected chi connectivity index (χ0v) is 22.0. The molecule has 1 N–H and O–H groups in total. The normalized spacial score (nSPS) is 22.3. The van der Waals surface area contributed by atoms with Crippen LogP contribution in [-0.4, -0.2) is 94.9 Å². The number of rotatable bonds is 6. The van der Waals surface area contributed by atoms with Crippen LogP contribution < -0.4 is 9.64 Å². The Bertz CT molecular complexity index is 1010. The van der Waals surface area contributed by atoms with Crippen LogP contribution >= 0.6 is 0 Å². The van der Waals surface area contributed by atoms with Crippen molar-refractivity contribution >= 4 is 11.6 Å². The zero-order chi connectivity index (χ0) is 25.7. The van der Waals surface area contributed by atoms with E-state index < -0.39 is 0 Å².